The van der Waals surface area contributed by atoms with E-state index in [0.29, 0.717) is 21.5 Å². The second kappa shape index (κ2) is 38.2. The van der Waals surface area contributed by atoms with Crippen molar-refractivity contribution < 1.29 is 41.2 Å². The summed E-state index contributed by atoms with van der Waals surface area (Å²) >= 11 is 21.2. The van der Waals surface area contributed by atoms with Crippen LogP contribution in [0.5, 0.6) is 0 Å². The van der Waals surface area contributed by atoms with E-state index in [9.17, 15) is 14.7 Å². The van der Waals surface area contributed by atoms with Crippen LogP contribution in [0.2, 0.25) is 0 Å². The zero-order valence-corrected chi connectivity index (χ0v) is 80.4. The topological polar surface area (TPSA) is 157 Å². The van der Waals surface area contributed by atoms with E-state index < -0.39 is 11.6 Å². The second-order valence-corrected chi connectivity index (χ2v) is 35.9. The van der Waals surface area contributed by atoms with Gasteiger partial charge >= 0.3 is 35.0 Å². The van der Waals surface area contributed by atoms with Crippen LogP contribution in [0.3, 0.4) is 0 Å². The number of aromatic nitrogens is 9. The molecule has 0 fully saturated rings. The van der Waals surface area contributed by atoms with Crippen LogP contribution in [0, 0.1) is 7.43 Å². The van der Waals surface area contributed by atoms with Crippen molar-refractivity contribution in [1.82, 2.24) is 43.2 Å². The quantitative estimate of drug-likeness (QED) is 0.0761. The van der Waals surface area contributed by atoms with Crippen molar-refractivity contribution >= 4 is 218 Å². The minimum absolute atomic E-state index is 0. The monoisotopic (exact) mass is 2090 g/mol. The first-order chi connectivity index (χ1) is 57.5. The number of nitrogens with zero attached hydrogens (tertiary/aromatic N) is 9. The van der Waals surface area contributed by atoms with Crippen molar-refractivity contribution in [2.24, 2.45) is 0 Å². The van der Waals surface area contributed by atoms with E-state index in [4.69, 9.17) is 14.7 Å². The zero-order chi connectivity index (χ0) is 82.9. The average molecular weight is 2100 g/mol. The number of para-hydroxylation sites is 4. The van der Waals surface area contributed by atoms with E-state index >= 15 is 0 Å². The molecule has 124 heavy (non-hydrogen) atoms. The zero-order valence-electron chi connectivity index (χ0n) is 67.9. The van der Waals surface area contributed by atoms with Gasteiger partial charge in [0.25, 0.3) is 0 Å². The van der Waals surface area contributed by atoms with Crippen LogP contribution in [0.15, 0.2) is 319 Å². The van der Waals surface area contributed by atoms with Gasteiger partial charge in [0.05, 0.1) is 69.5 Å². The number of hydrogen-bond acceptors (Lipinski definition) is 10. The minimum Gasteiger partial charge on any atom is -1.00 e. The van der Waals surface area contributed by atoms with Crippen LogP contribution in [-0.2, 0) is 32.3 Å². The third-order valence-corrected chi connectivity index (χ3v) is 25.7. The first kappa shape index (κ1) is 93.3. The van der Waals surface area contributed by atoms with Gasteiger partial charge in [0, 0.05) is 130 Å². The maximum absolute atomic E-state index is 12.2. The van der Waals surface area contributed by atoms with Gasteiger partial charge in [-0.15, -0.1) is 0 Å². The summed E-state index contributed by atoms with van der Waals surface area (Å²) in [6.07, 6.45) is 9.89. The maximum Gasteiger partial charge on any atom is 2.00 e. The molecule has 1 N–H and O–H groups in total. The predicted octanol–water partition coefficient (Wildman–Crippen LogP) is 25.1. The molecule has 14 nitrogen and oxygen atoms in total. The van der Waals surface area contributed by atoms with Crippen molar-refractivity contribution in [3.63, 3.8) is 0 Å². The normalized spacial score (nSPS) is 12.3. The molecule has 0 unspecified atom stereocenters. The molecule has 2 aliphatic heterocycles. The van der Waals surface area contributed by atoms with E-state index in [1.54, 1.807) is 56.7 Å². The summed E-state index contributed by atoms with van der Waals surface area (Å²) in [7, 11) is 2.71. The molecule has 19 aromatic rings. The van der Waals surface area contributed by atoms with Crippen molar-refractivity contribution in [2.45, 2.75) is 79.2 Å². The summed E-state index contributed by atoms with van der Waals surface area (Å²) in [6.45, 7) is 12.7. The van der Waals surface area contributed by atoms with Gasteiger partial charge in [-0.25, -0.2) is 34.5 Å². The maximum atomic E-state index is 12.2. The number of halogens is 7. The number of benzene rings is 10. The Hall–Kier alpha value is -9.82. The third kappa shape index (κ3) is 16.9. The Morgan fingerprint density at radius 2 is 0.766 bits per heavy atom. The predicted molar refractivity (Wildman–Crippen MR) is 527 cm³/mol. The first-order valence-electron chi connectivity index (χ1n) is 38.5. The van der Waals surface area contributed by atoms with Gasteiger partial charge in [-0.2, -0.15) is 0 Å². The Labute approximate surface area is 798 Å². The summed E-state index contributed by atoms with van der Waals surface area (Å²) in [5.74, 6) is 2.63. The summed E-state index contributed by atoms with van der Waals surface area (Å²) in [6, 6.07) is 89.1. The third-order valence-electron chi connectivity index (χ3n) is 22.4. The molecule has 0 bridgehead atoms. The molecule has 22 rings (SSSR count). The summed E-state index contributed by atoms with van der Waals surface area (Å²) in [5.41, 5.74) is 20.6. The minimum atomic E-state index is -0.979. The SMILES string of the molecule is Brc1ccc2c(c1)Cc1ccccc1-2.C.C.CC(C)(O)c1cccnc1-n1c2ccccc2c2ccc(Br)cc21.CC1(C)c2cccnc2-n2c3cc(Br)ccc3c3cccc1c32.CC1(C)c2cccnc2-n2c3ccccc3c3ccc(Br)c1c32.COC(=O)c1cccnc1-n1c2ccccc2c2ccc(Br)cc21.COC(=O)c1cccnc1Br.[Br-].[CH3-].[Mg+2]. The van der Waals surface area contributed by atoms with Crippen LogP contribution in [0.4, 0.5) is 0 Å². The average Bonchev–Trinajstić information content (AvgIpc) is 1.53. The smallest absolute Gasteiger partial charge is 1.00 e. The number of hydrogen-bond donors (Lipinski definition) is 1. The molecule has 0 saturated heterocycles. The van der Waals surface area contributed by atoms with Gasteiger partial charge in [-0.1, -0.05) is 268 Å². The summed E-state index contributed by atoms with van der Waals surface area (Å²) in [4.78, 5) is 45.5. The van der Waals surface area contributed by atoms with Crippen LogP contribution in [0.25, 0.3) is 122 Å². The fourth-order valence-corrected chi connectivity index (χ4v) is 19.7. The van der Waals surface area contributed by atoms with E-state index in [1.807, 2.05) is 83.7 Å². The summed E-state index contributed by atoms with van der Waals surface area (Å²) in [5, 5.41) is 20.3. The molecule has 22 heteroatoms. The van der Waals surface area contributed by atoms with Gasteiger partial charge in [-0.3, -0.25) is 18.3 Å². The molecule has 9 aromatic heterocycles. The molecule has 0 atom stereocenters. The largest absolute Gasteiger partial charge is 2.00 e. The molecule has 10 aromatic carbocycles. The Morgan fingerprint density at radius 1 is 0.379 bits per heavy atom. The fourth-order valence-electron chi connectivity index (χ4n) is 17.0. The molecule has 11 heterocycles. The number of rotatable bonds is 5. The van der Waals surface area contributed by atoms with Gasteiger partial charge in [0.1, 0.15) is 27.6 Å². The Morgan fingerprint density at radius 3 is 1.33 bits per heavy atom. The van der Waals surface area contributed by atoms with Crippen LogP contribution in [0.1, 0.15) is 116 Å². The summed E-state index contributed by atoms with van der Waals surface area (Å²) < 4.78 is 24.1. The Balaban J connectivity index is 0.000000137. The number of carbonyl (C=O) groups is 2. The van der Waals surface area contributed by atoms with Gasteiger partial charge < -0.3 is 39.0 Å². The number of carbonyl (C=O) groups excluding carboxylic acids is 2. The van der Waals surface area contributed by atoms with Gasteiger partial charge in [-0.05, 0) is 179 Å². The standard InChI is InChI=1S/C20H17BrN2O.2C20H15BrN2.C19H13BrN2O2.C13H9Br.C7H6BrNO2.2CH4.CH3.BrH.Mg/c1-20(2,24)16-7-5-11-22-19(16)23-17-8-4-3-6-14(17)15-10-9-13(21)12-18(15)23;1-20(2)15-6-3-5-14-13-9-8-12(21)11-17(13)23(18(14)15)19-16(20)7-4-10-22-19;1-20(2)14-7-5-11-22-19(14)23-16-8-4-3-6-12(16)13-9-10-15(21)17(20)18(13)23;1-24-19(23)15-6-4-10-21-18(15)22-16-7-3-2-5-13(16)14-9-8-12(20)11-17(14)22;14-11-5-6-13-10(8-11)7-9-3-1-2-4-12(9)13;1-11-7(10)5-3-2-4-9-6(5)8;;;;;/h3-12,24H,1-2H3;2*3-11H,1-2H3;2-11H,1H3;1-6,8H,7H2;2-4H,1H3;2*1H4;1H3;1H;/q;;;;;;;;-1;;+2/p-1. The molecule has 1 aliphatic carbocycles. The Kier molecular flexibility index (Phi) is 28.7. The van der Waals surface area contributed by atoms with Crippen molar-refractivity contribution in [2.75, 3.05) is 14.2 Å². The number of esters is 2. The molecule has 620 valence electrons. The van der Waals surface area contributed by atoms with E-state index in [1.165, 1.54) is 118 Å². The van der Waals surface area contributed by atoms with Crippen molar-refractivity contribution in [3.05, 3.63) is 376 Å². The molecule has 0 saturated carbocycles. The molecule has 0 radical (unpaired) electrons. The molecule has 0 amide bonds. The molecule has 3 aliphatic rings. The van der Waals surface area contributed by atoms with Crippen molar-refractivity contribution in [1.29, 1.82) is 0 Å². The first-order valence-corrected chi connectivity index (χ1v) is 43.2. The molecule has 0 spiro atoms. The van der Waals surface area contributed by atoms with Crippen molar-refractivity contribution in [3.8, 4) is 34.4 Å². The van der Waals surface area contributed by atoms with E-state index in [0.717, 1.165) is 80.2 Å². The second-order valence-electron chi connectivity index (χ2n) is 30.7. The van der Waals surface area contributed by atoms with E-state index in [-0.39, 0.29) is 79.1 Å². The molecular formula is C102H86Br7MgN9O5. The number of fused-ring (bicyclic) bond motifs is 19. The van der Waals surface area contributed by atoms with Crippen LogP contribution < -0.4 is 17.0 Å². The number of methoxy groups -OCH3 is 2. The number of ether oxygens (including phenoxy) is 2. The molecular weight excluding hydrogens is 2010 g/mol. The van der Waals surface area contributed by atoms with Crippen LogP contribution >= 0.6 is 95.6 Å². The van der Waals surface area contributed by atoms with Crippen LogP contribution in [-0.4, -0.2) is 97.5 Å². The van der Waals surface area contributed by atoms with Gasteiger partial charge in [0.15, 0.2) is 5.82 Å². The van der Waals surface area contributed by atoms with Gasteiger partial charge in [0.2, 0.25) is 0 Å². The van der Waals surface area contributed by atoms with E-state index in [2.05, 4.69) is 327 Å². The number of pyridine rings is 5. The Bertz CT molecular complexity index is 7280. The fraction of sp³-hybridized carbons (Fsp3) is 0.137. The number of aliphatic hydroxyl groups is 1.